The number of piperidine rings is 1. The van der Waals surface area contributed by atoms with Gasteiger partial charge in [-0.3, -0.25) is 4.79 Å². The highest BCUT2D eigenvalue weighted by atomic mass is 16.3. The van der Waals surface area contributed by atoms with Gasteiger partial charge in [-0.15, -0.1) is 5.10 Å². The van der Waals surface area contributed by atoms with E-state index in [1.807, 2.05) is 35.2 Å². The predicted molar refractivity (Wildman–Crippen MR) is 78.8 cm³/mol. The van der Waals surface area contributed by atoms with E-state index in [1.54, 1.807) is 4.68 Å². The molecule has 110 valence electrons. The molecule has 0 amide bonds. The van der Waals surface area contributed by atoms with E-state index >= 15 is 0 Å². The molecule has 3 rings (SSSR count). The van der Waals surface area contributed by atoms with Crippen molar-refractivity contribution in [2.24, 2.45) is 0 Å². The van der Waals surface area contributed by atoms with Gasteiger partial charge in [-0.25, -0.2) is 0 Å². The van der Waals surface area contributed by atoms with Crippen LogP contribution in [0.1, 0.15) is 30.3 Å². The first-order valence-corrected chi connectivity index (χ1v) is 7.12. The summed E-state index contributed by atoms with van der Waals surface area (Å²) in [5.41, 5.74) is 1.21. The Balaban J connectivity index is 2.07. The van der Waals surface area contributed by atoms with Gasteiger partial charge in [0.15, 0.2) is 17.3 Å². The standard InChI is InChI=1S/C15H18N4O2/c1-11(20)14-15(18-9-5-8-13(21)10-18)19(17-16-14)12-6-3-2-4-7-12/h2-4,6-7,13,21H,5,8-10H2,1H3. The molecule has 1 N–H and O–H groups in total. The molecule has 1 aromatic heterocycles. The van der Waals surface area contributed by atoms with Gasteiger partial charge in [0, 0.05) is 20.0 Å². The van der Waals surface area contributed by atoms with Crippen molar-refractivity contribution in [3.63, 3.8) is 0 Å². The van der Waals surface area contributed by atoms with Gasteiger partial charge in [-0.2, -0.15) is 4.68 Å². The van der Waals surface area contributed by atoms with Crippen LogP contribution >= 0.6 is 0 Å². The number of hydrogen-bond donors (Lipinski definition) is 1. The second-order valence-electron chi connectivity index (χ2n) is 5.31. The first-order valence-electron chi connectivity index (χ1n) is 7.12. The van der Waals surface area contributed by atoms with Crippen molar-refractivity contribution in [2.45, 2.75) is 25.9 Å². The Labute approximate surface area is 123 Å². The van der Waals surface area contributed by atoms with E-state index in [4.69, 9.17) is 0 Å². The molecule has 6 heteroatoms. The fourth-order valence-electron chi connectivity index (χ4n) is 2.68. The SMILES string of the molecule is CC(=O)c1nnn(-c2ccccc2)c1N1CCCC(O)C1. The van der Waals surface area contributed by atoms with Crippen molar-refractivity contribution in [3.8, 4) is 5.69 Å². The van der Waals surface area contributed by atoms with E-state index in [0.717, 1.165) is 25.1 Å². The van der Waals surface area contributed by atoms with Gasteiger partial charge >= 0.3 is 0 Å². The number of β-amino-alcohol motifs (C(OH)–C–C–N with tert-alkyl or cyclic N) is 1. The lowest BCUT2D eigenvalue weighted by Crippen LogP contribution is -2.40. The number of hydrogen-bond acceptors (Lipinski definition) is 5. The van der Waals surface area contributed by atoms with Crippen LogP contribution in [-0.4, -0.2) is 45.1 Å². The van der Waals surface area contributed by atoms with E-state index in [9.17, 15) is 9.90 Å². The number of nitrogens with zero attached hydrogens (tertiary/aromatic N) is 4. The smallest absolute Gasteiger partial charge is 0.183 e. The molecule has 1 fully saturated rings. The monoisotopic (exact) mass is 286 g/mol. The number of carbonyl (C=O) groups excluding carboxylic acids is 1. The molecule has 2 aromatic rings. The minimum absolute atomic E-state index is 0.118. The predicted octanol–water partition coefficient (Wildman–Crippen LogP) is 1.43. The molecular formula is C15H18N4O2. The normalized spacial score (nSPS) is 18.8. The number of anilines is 1. The zero-order chi connectivity index (χ0) is 14.8. The zero-order valence-corrected chi connectivity index (χ0v) is 11.9. The molecule has 1 saturated heterocycles. The summed E-state index contributed by atoms with van der Waals surface area (Å²) in [6, 6.07) is 9.60. The number of para-hydroxylation sites is 1. The summed E-state index contributed by atoms with van der Waals surface area (Å²) in [5.74, 6) is 0.555. The first kappa shape index (κ1) is 13.8. The van der Waals surface area contributed by atoms with Crippen LogP contribution in [0.15, 0.2) is 30.3 Å². The molecule has 0 aliphatic carbocycles. The molecule has 1 aromatic carbocycles. The summed E-state index contributed by atoms with van der Waals surface area (Å²) in [4.78, 5) is 13.8. The van der Waals surface area contributed by atoms with Crippen LogP contribution in [0.25, 0.3) is 5.69 Å². The van der Waals surface area contributed by atoms with Crippen LogP contribution in [0.3, 0.4) is 0 Å². The zero-order valence-electron chi connectivity index (χ0n) is 11.9. The van der Waals surface area contributed by atoms with E-state index < -0.39 is 0 Å². The minimum atomic E-state index is -0.377. The largest absolute Gasteiger partial charge is 0.391 e. The Morgan fingerprint density at radius 3 is 2.76 bits per heavy atom. The number of Topliss-reactive ketones (excluding diaryl/α,β-unsaturated/α-hetero) is 1. The summed E-state index contributed by atoms with van der Waals surface area (Å²) in [5, 5.41) is 18.1. The van der Waals surface area contributed by atoms with Crippen molar-refractivity contribution < 1.29 is 9.90 Å². The topological polar surface area (TPSA) is 71.2 Å². The number of rotatable bonds is 3. The van der Waals surface area contributed by atoms with Crippen molar-refractivity contribution in [2.75, 3.05) is 18.0 Å². The van der Waals surface area contributed by atoms with Gasteiger partial charge in [0.25, 0.3) is 0 Å². The number of benzene rings is 1. The van der Waals surface area contributed by atoms with E-state index in [0.29, 0.717) is 18.1 Å². The third-order valence-corrected chi connectivity index (χ3v) is 3.68. The third-order valence-electron chi connectivity index (χ3n) is 3.68. The maximum Gasteiger partial charge on any atom is 0.183 e. The van der Waals surface area contributed by atoms with Crippen molar-refractivity contribution in [1.82, 2.24) is 15.0 Å². The maximum absolute atomic E-state index is 11.8. The van der Waals surface area contributed by atoms with Crippen molar-refractivity contribution in [1.29, 1.82) is 0 Å². The highest BCUT2D eigenvalue weighted by Crippen LogP contribution is 2.26. The molecule has 1 aliphatic rings. The molecule has 21 heavy (non-hydrogen) atoms. The Morgan fingerprint density at radius 2 is 2.10 bits per heavy atom. The van der Waals surface area contributed by atoms with Crippen LogP contribution in [0.2, 0.25) is 0 Å². The van der Waals surface area contributed by atoms with Gasteiger partial charge in [-0.05, 0) is 25.0 Å². The minimum Gasteiger partial charge on any atom is -0.391 e. The molecule has 2 heterocycles. The molecule has 1 atom stereocenters. The van der Waals surface area contributed by atoms with E-state index in [1.165, 1.54) is 6.92 Å². The molecule has 0 bridgehead atoms. The van der Waals surface area contributed by atoms with Gasteiger partial charge in [0.1, 0.15) is 0 Å². The number of ketones is 1. The fraction of sp³-hybridized carbons (Fsp3) is 0.400. The molecule has 1 unspecified atom stereocenters. The van der Waals surface area contributed by atoms with Gasteiger partial charge in [-0.1, -0.05) is 23.4 Å². The number of carbonyl (C=O) groups is 1. The molecule has 1 aliphatic heterocycles. The van der Waals surface area contributed by atoms with Crippen LogP contribution in [-0.2, 0) is 0 Å². The Morgan fingerprint density at radius 1 is 1.33 bits per heavy atom. The second-order valence-corrected chi connectivity index (χ2v) is 5.31. The van der Waals surface area contributed by atoms with Crippen LogP contribution in [0.4, 0.5) is 5.82 Å². The van der Waals surface area contributed by atoms with Gasteiger partial charge in [0.2, 0.25) is 0 Å². The Kier molecular flexibility index (Phi) is 3.70. The van der Waals surface area contributed by atoms with Crippen molar-refractivity contribution >= 4 is 11.6 Å². The number of aliphatic hydroxyl groups is 1. The fourth-order valence-corrected chi connectivity index (χ4v) is 2.68. The summed E-state index contributed by atoms with van der Waals surface area (Å²) >= 11 is 0. The highest BCUT2D eigenvalue weighted by molar-refractivity contribution is 5.97. The van der Waals surface area contributed by atoms with Gasteiger partial charge < -0.3 is 10.0 Å². The van der Waals surface area contributed by atoms with E-state index in [-0.39, 0.29) is 11.9 Å². The lowest BCUT2D eigenvalue weighted by atomic mass is 10.1. The first-order chi connectivity index (χ1) is 10.2. The lowest BCUT2D eigenvalue weighted by Gasteiger charge is -2.32. The lowest BCUT2D eigenvalue weighted by molar-refractivity contribution is 0.101. The highest BCUT2D eigenvalue weighted by Gasteiger charge is 2.27. The third kappa shape index (κ3) is 2.67. The summed E-state index contributed by atoms with van der Waals surface area (Å²) < 4.78 is 1.68. The van der Waals surface area contributed by atoms with E-state index in [2.05, 4.69) is 10.3 Å². The maximum atomic E-state index is 11.8. The Hall–Kier alpha value is -2.21. The summed E-state index contributed by atoms with van der Waals surface area (Å²) in [6.45, 7) is 2.78. The molecule has 0 spiro atoms. The average molecular weight is 286 g/mol. The second kappa shape index (κ2) is 5.65. The van der Waals surface area contributed by atoms with Crippen LogP contribution in [0, 0.1) is 0 Å². The van der Waals surface area contributed by atoms with Crippen LogP contribution < -0.4 is 4.90 Å². The van der Waals surface area contributed by atoms with Crippen LogP contribution in [0.5, 0.6) is 0 Å². The van der Waals surface area contributed by atoms with Crippen molar-refractivity contribution in [3.05, 3.63) is 36.0 Å². The summed E-state index contributed by atoms with van der Waals surface area (Å²) in [6.07, 6.45) is 1.30. The quantitative estimate of drug-likeness (QED) is 0.864. The number of aliphatic hydroxyl groups excluding tert-OH is 1. The Bertz CT molecular complexity index is 638. The summed E-state index contributed by atoms with van der Waals surface area (Å²) in [7, 11) is 0. The molecule has 6 nitrogen and oxygen atoms in total. The average Bonchev–Trinajstić information content (AvgIpc) is 2.93. The molecule has 0 radical (unpaired) electrons. The molecule has 0 saturated carbocycles. The molecular weight excluding hydrogens is 268 g/mol. The van der Waals surface area contributed by atoms with Gasteiger partial charge in [0.05, 0.1) is 11.8 Å². The number of aromatic nitrogens is 3.